The minimum atomic E-state index is -0.831. The summed E-state index contributed by atoms with van der Waals surface area (Å²) in [7, 11) is 0. The Hall–Kier alpha value is -0.610. The van der Waals surface area contributed by atoms with Crippen LogP contribution >= 0.6 is 0 Å². The van der Waals surface area contributed by atoms with E-state index in [1.165, 1.54) is 0 Å². The van der Waals surface area contributed by atoms with Crippen molar-refractivity contribution in [3.05, 3.63) is 0 Å². The van der Waals surface area contributed by atoms with Crippen LogP contribution in [0.4, 0.5) is 0 Å². The van der Waals surface area contributed by atoms with Gasteiger partial charge in [0.15, 0.2) is 6.10 Å². The smallest absolute Gasteiger partial charge is 0.332 e. The Kier molecular flexibility index (Phi) is 7.34. The Morgan fingerprint density at radius 2 is 1.87 bits per heavy atom. The summed E-state index contributed by atoms with van der Waals surface area (Å²) in [5, 5.41) is 8.29. The van der Waals surface area contributed by atoms with Gasteiger partial charge in [0.1, 0.15) is 0 Å². The van der Waals surface area contributed by atoms with E-state index >= 15 is 0 Å². The van der Waals surface area contributed by atoms with Gasteiger partial charge >= 0.3 is 5.97 Å². The molecule has 0 spiro atoms. The van der Waals surface area contributed by atoms with Crippen LogP contribution in [0.25, 0.3) is 0 Å². The van der Waals surface area contributed by atoms with Crippen molar-refractivity contribution in [2.24, 2.45) is 0 Å². The van der Waals surface area contributed by atoms with E-state index in [1.807, 2.05) is 27.7 Å². The first-order chi connectivity index (χ1) is 6.93. The maximum Gasteiger partial charge on any atom is 0.332 e. The van der Waals surface area contributed by atoms with Crippen LogP contribution in [-0.4, -0.2) is 36.0 Å². The van der Waals surface area contributed by atoms with E-state index in [2.05, 4.69) is 0 Å². The third-order valence-corrected chi connectivity index (χ3v) is 1.75. The highest BCUT2D eigenvalue weighted by atomic mass is 16.5. The zero-order chi connectivity index (χ0) is 11.8. The molecule has 4 heteroatoms. The lowest BCUT2D eigenvalue weighted by Crippen LogP contribution is -2.17. The summed E-state index contributed by atoms with van der Waals surface area (Å²) in [6, 6.07) is 0. The monoisotopic (exact) mass is 218 g/mol. The normalized spacial score (nSPS) is 20.3. The van der Waals surface area contributed by atoms with Crippen LogP contribution in [0.2, 0.25) is 0 Å². The summed E-state index contributed by atoms with van der Waals surface area (Å²) >= 11 is 0. The molecule has 1 N–H and O–H groups in total. The molecular weight excluding hydrogens is 196 g/mol. The van der Waals surface area contributed by atoms with E-state index in [-0.39, 0.29) is 0 Å². The molecule has 90 valence electrons. The van der Waals surface area contributed by atoms with Crippen LogP contribution in [0.5, 0.6) is 0 Å². The highest BCUT2D eigenvalue weighted by Gasteiger charge is 2.21. The van der Waals surface area contributed by atoms with Gasteiger partial charge in [0, 0.05) is 6.61 Å². The lowest BCUT2D eigenvalue weighted by molar-refractivity contribution is -0.147. The molecule has 1 saturated heterocycles. The Balaban J connectivity index is 0.000000265. The van der Waals surface area contributed by atoms with Gasteiger partial charge in [-0.1, -0.05) is 0 Å². The summed E-state index contributed by atoms with van der Waals surface area (Å²) in [5.74, 6) is -0.831. The average Bonchev–Trinajstić information content (AvgIpc) is 2.52. The number of rotatable bonds is 3. The van der Waals surface area contributed by atoms with E-state index in [1.54, 1.807) is 0 Å². The molecular formula is C11H22O4. The Morgan fingerprint density at radius 1 is 1.33 bits per heavy atom. The minimum absolute atomic E-state index is 0.375. The van der Waals surface area contributed by atoms with E-state index in [4.69, 9.17) is 14.6 Å². The molecule has 0 bridgehead atoms. The quantitative estimate of drug-likeness (QED) is 0.788. The zero-order valence-corrected chi connectivity index (χ0v) is 10.0. The number of hydrogen-bond donors (Lipinski definition) is 1. The predicted molar refractivity (Wildman–Crippen MR) is 58.0 cm³/mol. The van der Waals surface area contributed by atoms with E-state index in [9.17, 15) is 4.79 Å². The molecule has 0 amide bonds. The first-order valence-electron chi connectivity index (χ1n) is 5.43. The fraction of sp³-hybridized carbons (Fsp3) is 0.909. The second kappa shape index (κ2) is 7.65. The number of carbonyl (C=O) groups is 1. The number of carboxylic acids is 1. The second-order valence-corrected chi connectivity index (χ2v) is 4.07. The van der Waals surface area contributed by atoms with Gasteiger partial charge in [-0.05, 0) is 40.5 Å². The SMILES string of the molecule is CC(C)OC(C)C.O=C(O)C1CCCO1. The van der Waals surface area contributed by atoms with Crippen molar-refractivity contribution in [1.29, 1.82) is 0 Å². The van der Waals surface area contributed by atoms with E-state index in [0.29, 0.717) is 25.2 Å². The molecule has 0 radical (unpaired) electrons. The topological polar surface area (TPSA) is 55.8 Å². The van der Waals surface area contributed by atoms with Gasteiger partial charge in [-0.25, -0.2) is 4.79 Å². The Morgan fingerprint density at radius 3 is 2.00 bits per heavy atom. The summed E-state index contributed by atoms with van der Waals surface area (Å²) in [6.07, 6.45) is 1.79. The second-order valence-electron chi connectivity index (χ2n) is 4.07. The van der Waals surface area contributed by atoms with Crippen LogP contribution < -0.4 is 0 Å². The van der Waals surface area contributed by atoms with Crippen LogP contribution in [0.3, 0.4) is 0 Å². The molecule has 1 aliphatic rings. The van der Waals surface area contributed by atoms with Crippen molar-refractivity contribution in [2.45, 2.75) is 58.8 Å². The van der Waals surface area contributed by atoms with Gasteiger partial charge in [-0.2, -0.15) is 0 Å². The molecule has 1 fully saturated rings. The van der Waals surface area contributed by atoms with Crippen LogP contribution in [0.15, 0.2) is 0 Å². The molecule has 1 aliphatic heterocycles. The van der Waals surface area contributed by atoms with Gasteiger partial charge in [-0.15, -0.1) is 0 Å². The molecule has 1 rings (SSSR count). The molecule has 0 saturated carbocycles. The van der Waals surface area contributed by atoms with Gasteiger partial charge in [0.05, 0.1) is 12.2 Å². The maximum absolute atomic E-state index is 10.1. The Bertz CT molecular complexity index is 165. The lowest BCUT2D eigenvalue weighted by Gasteiger charge is -2.09. The van der Waals surface area contributed by atoms with Crippen molar-refractivity contribution in [1.82, 2.24) is 0 Å². The fourth-order valence-corrected chi connectivity index (χ4v) is 1.32. The fourth-order valence-electron chi connectivity index (χ4n) is 1.32. The predicted octanol–water partition coefficient (Wildman–Crippen LogP) is 2.07. The molecule has 0 aromatic rings. The summed E-state index contributed by atoms with van der Waals surface area (Å²) < 4.78 is 10.1. The van der Waals surface area contributed by atoms with Crippen LogP contribution in [0, 0.1) is 0 Å². The standard InChI is InChI=1S/C6H14O.C5H8O3/c1-5(2)7-6(3)4;6-5(7)4-2-1-3-8-4/h5-6H,1-4H3;4H,1-3H2,(H,6,7). The van der Waals surface area contributed by atoms with Gasteiger partial charge in [0.25, 0.3) is 0 Å². The van der Waals surface area contributed by atoms with Crippen molar-refractivity contribution in [2.75, 3.05) is 6.61 Å². The first-order valence-corrected chi connectivity index (χ1v) is 5.43. The highest BCUT2D eigenvalue weighted by molar-refractivity contribution is 5.72. The summed E-state index contributed by atoms with van der Waals surface area (Å²) in [5.41, 5.74) is 0. The first kappa shape index (κ1) is 14.4. The maximum atomic E-state index is 10.1. The summed E-state index contributed by atoms with van der Waals surface area (Å²) in [4.78, 5) is 10.1. The van der Waals surface area contributed by atoms with Gasteiger partial charge < -0.3 is 14.6 Å². The summed E-state index contributed by atoms with van der Waals surface area (Å²) in [6.45, 7) is 8.77. The van der Waals surface area contributed by atoms with Crippen molar-refractivity contribution in [3.8, 4) is 0 Å². The van der Waals surface area contributed by atoms with Gasteiger partial charge in [-0.3, -0.25) is 0 Å². The Labute approximate surface area is 91.6 Å². The molecule has 15 heavy (non-hydrogen) atoms. The van der Waals surface area contributed by atoms with Gasteiger partial charge in [0.2, 0.25) is 0 Å². The van der Waals surface area contributed by atoms with Crippen molar-refractivity contribution in [3.63, 3.8) is 0 Å². The molecule has 0 aliphatic carbocycles. The lowest BCUT2D eigenvalue weighted by atomic mass is 10.2. The van der Waals surface area contributed by atoms with Crippen LogP contribution in [-0.2, 0) is 14.3 Å². The molecule has 0 aromatic heterocycles. The minimum Gasteiger partial charge on any atom is -0.479 e. The van der Waals surface area contributed by atoms with Crippen molar-refractivity contribution >= 4 is 5.97 Å². The van der Waals surface area contributed by atoms with Crippen LogP contribution in [0.1, 0.15) is 40.5 Å². The third-order valence-electron chi connectivity index (χ3n) is 1.75. The molecule has 4 nitrogen and oxygen atoms in total. The number of hydrogen-bond acceptors (Lipinski definition) is 3. The molecule has 1 atom stereocenters. The number of aliphatic carboxylic acids is 1. The highest BCUT2D eigenvalue weighted by Crippen LogP contribution is 2.10. The van der Waals surface area contributed by atoms with Crippen molar-refractivity contribution < 1.29 is 19.4 Å². The zero-order valence-electron chi connectivity index (χ0n) is 10.0. The number of carboxylic acid groups (broad SMARTS) is 1. The van der Waals surface area contributed by atoms with E-state index in [0.717, 1.165) is 6.42 Å². The molecule has 1 heterocycles. The molecule has 0 aromatic carbocycles. The van der Waals surface area contributed by atoms with E-state index < -0.39 is 12.1 Å². The third kappa shape index (κ3) is 8.39. The molecule has 1 unspecified atom stereocenters. The largest absolute Gasteiger partial charge is 0.479 e. The number of ether oxygens (including phenoxy) is 2. The average molecular weight is 218 g/mol.